The van der Waals surface area contributed by atoms with Gasteiger partial charge in [0, 0.05) is 18.3 Å². The summed E-state index contributed by atoms with van der Waals surface area (Å²) in [6.45, 7) is 4.00. The molecule has 3 rings (SSSR count). The molecule has 0 amide bonds. The van der Waals surface area contributed by atoms with E-state index in [0.29, 0.717) is 41.5 Å². The van der Waals surface area contributed by atoms with Gasteiger partial charge >= 0.3 is 0 Å². The fourth-order valence-corrected chi connectivity index (χ4v) is 3.32. The van der Waals surface area contributed by atoms with E-state index >= 15 is 0 Å². The Kier molecular flexibility index (Phi) is 5.26. The van der Waals surface area contributed by atoms with E-state index < -0.39 is 0 Å². The van der Waals surface area contributed by atoms with Crippen LogP contribution in [0.4, 0.5) is 0 Å². The molecule has 0 unspecified atom stereocenters. The number of ketones is 1. The molecule has 0 fully saturated rings. The number of aromatic nitrogens is 2. The number of benzene rings is 1. The smallest absolute Gasteiger partial charge is 0.264 e. The highest BCUT2D eigenvalue weighted by molar-refractivity contribution is 5.98. The Morgan fingerprint density at radius 2 is 1.89 bits per heavy atom. The van der Waals surface area contributed by atoms with Crippen LogP contribution in [0.25, 0.3) is 10.9 Å². The maximum Gasteiger partial charge on any atom is 0.264 e. The van der Waals surface area contributed by atoms with E-state index in [1.165, 1.54) is 4.57 Å². The molecule has 2 heterocycles. The predicted molar refractivity (Wildman–Crippen MR) is 104 cm³/mol. The molecule has 0 bridgehead atoms. The summed E-state index contributed by atoms with van der Waals surface area (Å²) in [6, 6.07) is 10.7. The van der Waals surface area contributed by atoms with Crippen LogP contribution in [0.15, 0.2) is 41.2 Å². The molecule has 6 nitrogen and oxygen atoms in total. The summed E-state index contributed by atoms with van der Waals surface area (Å²) in [4.78, 5) is 37.5. The second-order valence-electron chi connectivity index (χ2n) is 6.25. The Bertz CT molecular complexity index is 1060. The number of fused-ring (bicyclic) bond motifs is 1. The minimum atomic E-state index is -0.319. The summed E-state index contributed by atoms with van der Waals surface area (Å²) >= 11 is 0. The number of hydrogen-bond donors (Lipinski definition) is 0. The van der Waals surface area contributed by atoms with Gasteiger partial charge < -0.3 is 13.9 Å². The van der Waals surface area contributed by atoms with Gasteiger partial charge in [-0.2, -0.15) is 0 Å². The summed E-state index contributed by atoms with van der Waals surface area (Å²) < 4.78 is 8.76. The summed E-state index contributed by atoms with van der Waals surface area (Å²) in [7, 11) is 1.73. The number of aldehydes is 1. The van der Waals surface area contributed by atoms with Crippen molar-refractivity contribution in [3.8, 4) is 5.75 Å². The lowest BCUT2D eigenvalue weighted by molar-refractivity contribution is 0.0969. The van der Waals surface area contributed by atoms with Crippen LogP contribution >= 0.6 is 0 Å². The first-order valence-corrected chi connectivity index (χ1v) is 8.94. The molecular weight excluding hydrogens is 344 g/mol. The van der Waals surface area contributed by atoms with Gasteiger partial charge in [0.25, 0.3) is 5.56 Å². The van der Waals surface area contributed by atoms with Crippen LogP contribution in [0.1, 0.15) is 40.4 Å². The highest BCUT2D eigenvalue weighted by Crippen LogP contribution is 2.30. The van der Waals surface area contributed by atoms with E-state index in [1.807, 2.05) is 19.1 Å². The fourth-order valence-electron chi connectivity index (χ4n) is 3.32. The number of hydrogen-bond acceptors (Lipinski definition) is 4. The maximum absolute atomic E-state index is 13.3. The zero-order valence-corrected chi connectivity index (χ0v) is 15.7. The van der Waals surface area contributed by atoms with Crippen molar-refractivity contribution in [2.24, 2.45) is 7.05 Å². The predicted octanol–water partition coefficient (Wildman–Crippen LogP) is 3.00. The Hall–Kier alpha value is -3.15. The number of carbonyl (C=O) groups is 2. The van der Waals surface area contributed by atoms with Crippen LogP contribution in [-0.2, 0) is 20.0 Å². The topological polar surface area (TPSA) is 70.3 Å². The van der Waals surface area contributed by atoms with Gasteiger partial charge in [-0.1, -0.05) is 37.3 Å². The number of pyridine rings is 1. The van der Waals surface area contributed by atoms with Gasteiger partial charge in [-0.25, -0.2) is 0 Å². The van der Waals surface area contributed by atoms with E-state index in [9.17, 15) is 14.4 Å². The normalized spacial score (nSPS) is 10.9. The number of rotatable bonds is 7. The summed E-state index contributed by atoms with van der Waals surface area (Å²) in [6.07, 6.45) is 1.27. The largest absolute Gasteiger partial charge is 0.491 e. The molecule has 6 heteroatoms. The van der Waals surface area contributed by atoms with E-state index in [0.717, 1.165) is 5.69 Å². The number of Topliss-reactive ketones (excluding diaryl/α,β-unsaturated/α-hetero) is 1. The highest BCUT2D eigenvalue weighted by atomic mass is 16.5. The van der Waals surface area contributed by atoms with Crippen molar-refractivity contribution < 1.29 is 14.3 Å². The van der Waals surface area contributed by atoms with Crippen molar-refractivity contribution >= 4 is 23.0 Å². The lowest BCUT2D eigenvalue weighted by atomic mass is 10.1. The van der Waals surface area contributed by atoms with E-state index in [1.54, 1.807) is 42.8 Å². The van der Waals surface area contributed by atoms with Gasteiger partial charge in [-0.05, 0) is 19.4 Å². The van der Waals surface area contributed by atoms with Gasteiger partial charge in [-0.15, -0.1) is 0 Å². The van der Waals surface area contributed by atoms with Gasteiger partial charge in [0.05, 0.1) is 18.7 Å². The second-order valence-corrected chi connectivity index (χ2v) is 6.25. The molecule has 0 radical (unpaired) electrons. The van der Waals surface area contributed by atoms with Crippen LogP contribution in [-0.4, -0.2) is 27.8 Å². The molecule has 0 aliphatic rings. The zero-order chi connectivity index (χ0) is 19.6. The number of carbonyl (C=O) groups excluding carboxylic acids is 2. The first-order chi connectivity index (χ1) is 13.0. The minimum Gasteiger partial charge on any atom is -0.491 e. The lowest BCUT2D eigenvalue weighted by Gasteiger charge is -2.12. The lowest BCUT2D eigenvalue weighted by Crippen LogP contribution is -2.27. The van der Waals surface area contributed by atoms with Gasteiger partial charge in [0.15, 0.2) is 17.8 Å². The monoisotopic (exact) mass is 366 g/mol. The van der Waals surface area contributed by atoms with Crippen molar-refractivity contribution in [1.82, 2.24) is 9.13 Å². The molecule has 0 saturated carbocycles. The molecule has 0 saturated heterocycles. The van der Waals surface area contributed by atoms with Crippen LogP contribution in [0.3, 0.4) is 0 Å². The van der Waals surface area contributed by atoms with Crippen LogP contribution in [0.5, 0.6) is 5.75 Å². The first kappa shape index (κ1) is 18.6. The molecule has 2 aromatic heterocycles. The van der Waals surface area contributed by atoms with Crippen LogP contribution in [0, 0.1) is 0 Å². The quantitative estimate of drug-likeness (QED) is 0.476. The van der Waals surface area contributed by atoms with Crippen molar-refractivity contribution in [2.45, 2.75) is 26.8 Å². The summed E-state index contributed by atoms with van der Waals surface area (Å²) in [5, 5.41) is 0.333. The standard InChI is InChI=1S/C21H22N2O4/c1-4-15-11-16-19(20(27-5-2)17(13-24)22(16)3)21(26)23(15)12-18(25)14-9-7-6-8-10-14/h6-11,13H,4-5,12H2,1-3H3. The molecule has 0 N–H and O–H groups in total. The molecule has 3 aromatic rings. The molecule has 27 heavy (non-hydrogen) atoms. The third kappa shape index (κ3) is 3.18. The number of aryl methyl sites for hydroxylation is 2. The fraction of sp³-hybridized carbons (Fsp3) is 0.286. The molecule has 0 spiro atoms. The molecule has 140 valence electrons. The van der Waals surface area contributed by atoms with E-state index in [4.69, 9.17) is 4.74 Å². The summed E-state index contributed by atoms with van der Waals surface area (Å²) in [5.74, 6) is 0.134. The van der Waals surface area contributed by atoms with Crippen molar-refractivity contribution in [1.29, 1.82) is 0 Å². The summed E-state index contributed by atoms with van der Waals surface area (Å²) in [5.41, 5.74) is 1.92. The van der Waals surface area contributed by atoms with Crippen LogP contribution in [0.2, 0.25) is 0 Å². The van der Waals surface area contributed by atoms with Crippen LogP contribution < -0.4 is 10.3 Å². The van der Waals surface area contributed by atoms with Gasteiger partial charge in [0.1, 0.15) is 11.1 Å². The Balaban J connectivity index is 2.22. The Labute approximate surface area is 157 Å². The van der Waals surface area contributed by atoms with Gasteiger partial charge in [-0.3, -0.25) is 14.4 Å². The molecule has 1 aromatic carbocycles. The maximum atomic E-state index is 13.3. The second kappa shape index (κ2) is 7.61. The average molecular weight is 366 g/mol. The zero-order valence-electron chi connectivity index (χ0n) is 15.7. The Morgan fingerprint density at radius 3 is 2.48 bits per heavy atom. The van der Waals surface area contributed by atoms with Crippen molar-refractivity contribution in [3.05, 3.63) is 63.7 Å². The first-order valence-electron chi connectivity index (χ1n) is 8.94. The molecular formula is C21H22N2O4. The molecule has 0 aliphatic carbocycles. The molecule has 0 aliphatic heterocycles. The van der Waals surface area contributed by atoms with Crippen molar-refractivity contribution in [3.63, 3.8) is 0 Å². The third-order valence-corrected chi connectivity index (χ3v) is 4.71. The molecule has 0 atom stereocenters. The number of ether oxygens (including phenoxy) is 1. The Morgan fingerprint density at radius 1 is 1.19 bits per heavy atom. The minimum absolute atomic E-state index is 0.0567. The van der Waals surface area contributed by atoms with E-state index in [2.05, 4.69) is 0 Å². The third-order valence-electron chi connectivity index (χ3n) is 4.71. The van der Waals surface area contributed by atoms with Crippen molar-refractivity contribution in [2.75, 3.05) is 6.61 Å². The average Bonchev–Trinajstić information content (AvgIpc) is 2.95. The van der Waals surface area contributed by atoms with Gasteiger partial charge in [0.2, 0.25) is 0 Å². The van der Waals surface area contributed by atoms with E-state index in [-0.39, 0.29) is 23.6 Å². The SMILES string of the molecule is CCOc1c(C=O)n(C)c2cc(CC)n(CC(=O)c3ccccc3)c(=O)c12. The number of nitrogens with zero attached hydrogens (tertiary/aromatic N) is 2. The highest BCUT2D eigenvalue weighted by Gasteiger charge is 2.22.